The van der Waals surface area contributed by atoms with Crippen LogP contribution in [0.4, 0.5) is 5.69 Å². The Morgan fingerprint density at radius 2 is 1.56 bits per heavy atom. The first-order valence-electron chi connectivity index (χ1n) is 8.02. The van der Waals surface area contributed by atoms with Gasteiger partial charge in [-0.2, -0.15) is 0 Å². The number of non-ortho nitro benzene ring substituents is 1. The maximum Gasteiger partial charge on any atom is 0.308 e. The highest BCUT2D eigenvalue weighted by Crippen LogP contribution is 2.17. The number of ether oxygens (including phenoxy) is 4. The summed E-state index contributed by atoms with van der Waals surface area (Å²) in [5.41, 5.74) is -0.462. The molecule has 0 saturated heterocycles. The molecule has 0 aliphatic carbocycles. The topological polar surface area (TPSA) is 97.1 Å². The van der Waals surface area contributed by atoms with Crippen molar-refractivity contribution < 1.29 is 28.7 Å². The quantitative estimate of drug-likeness (QED) is 0.260. The third-order valence-corrected chi connectivity index (χ3v) is 2.79. The molecule has 0 radical (unpaired) electrons. The second-order valence-electron chi connectivity index (χ2n) is 6.16. The van der Waals surface area contributed by atoms with E-state index in [0.717, 1.165) is 0 Å². The van der Waals surface area contributed by atoms with Crippen molar-refractivity contribution in [2.24, 2.45) is 0 Å². The highest BCUT2D eigenvalue weighted by Gasteiger charge is 2.15. The van der Waals surface area contributed by atoms with Gasteiger partial charge in [-0.05, 0) is 32.9 Å². The highest BCUT2D eigenvalue weighted by atomic mass is 16.6. The SMILES string of the molecule is CC(C)(C)OC(=O)CCOCCOCCOc1ccc([N+](=O)[O-])cc1. The lowest BCUT2D eigenvalue weighted by atomic mass is 10.2. The number of rotatable bonds is 11. The summed E-state index contributed by atoms with van der Waals surface area (Å²) in [5.74, 6) is 0.257. The monoisotopic (exact) mass is 355 g/mol. The van der Waals surface area contributed by atoms with Gasteiger partial charge in [0.25, 0.3) is 5.69 Å². The molecular weight excluding hydrogens is 330 g/mol. The fourth-order valence-corrected chi connectivity index (χ4v) is 1.75. The van der Waals surface area contributed by atoms with Gasteiger partial charge >= 0.3 is 5.97 Å². The number of nitro benzene ring substituents is 1. The predicted molar refractivity (Wildman–Crippen MR) is 90.7 cm³/mol. The Morgan fingerprint density at radius 1 is 1.00 bits per heavy atom. The minimum atomic E-state index is -0.482. The van der Waals surface area contributed by atoms with E-state index >= 15 is 0 Å². The molecule has 0 aliphatic rings. The smallest absolute Gasteiger partial charge is 0.308 e. The summed E-state index contributed by atoms with van der Waals surface area (Å²) in [4.78, 5) is 21.5. The fourth-order valence-electron chi connectivity index (χ4n) is 1.75. The molecular formula is C17H25NO7. The van der Waals surface area contributed by atoms with Gasteiger partial charge in [-0.25, -0.2) is 0 Å². The Balaban J connectivity index is 1.98. The van der Waals surface area contributed by atoms with Gasteiger partial charge in [0, 0.05) is 12.1 Å². The minimum Gasteiger partial charge on any atom is -0.491 e. The number of hydrogen-bond acceptors (Lipinski definition) is 7. The van der Waals surface area contributed by atoms with E-state index in [9.17, 15) is 14.9 Å². The van der Waals surface area contributed by atoms with Crippen LogP contribution in [-0.2, 0) is 19.0 Å². The zero-order chi connectivity index (χ0) is 18.7. The van der Waals surface area contributed by atoms with Gasteiger partial charge in [-0.15, -0.1) is 0 Å². The Kier molecular flexibility index (Phi) is 8.87. The fraction of sp³-hybridized carbons (Fsp3) is 0.588. The molecule has 0 aromatic heterocycles. The predicted octanol–water partition coefficient (Wildman–Crippen LogP) is 2.74. The number of carbonyl (C=O) groups excluding carboxylic acids is 1. The summed E-state index contributed by atoms with van der Waals surface area (Å²) in [6.45, 7) is 7.20. The van der Waals surface area contributed by atoms with E-state index in [1.807, 2.05) is 20.8 Å². The Bertz CT molecular complexity index is 537. The van der Waals surface area contributed by atoms with E-state index in [0.29, 0.717) is 32.2 Å². The molecule has 25 heavy (non-hydrogen) atoms. The zero-order valence-corrected chi connectivity index (χ0v) is 14.9. The van der Waals surface area contributed by atoms with Crippen LogP contribution in [0.3, 0.4) is 0 Å². The minimum absolute atomic E-state index is 0.0205. The van der Waals surface area contributed by atoms with Crippen molar-refractivity contribution in [2.75, 3.05) is 33.0 Å². The molecule has 0 amide bonds. The molecule has 0 atom stereocenters. The van der Waals surface area contributed by atoms with E-state index in [1.165, 1.54) is 24.3 Å². The van der Waals surface area contributed by atoms with Crippen LogP contribution in [0.5, 0.6) is 5.75 Å². The Labute approximate surface area is 147 Å². The van der Waals surface area contributed by atoms with Crippen molar-refractivity contribution in [1.82, 2.24) is 0 Å². The second kappa shape index (κ2) is 10.6. The van der Waals surface area contributed by atoms with Crippen LogP contribution in [0.15, 0.2) is 24.3 Å². The van der Waals surface area contributed by atoms with Gasteiger partial charge in [0.15, 0.2) is 0 Å². The molecule has 0 aliphatic heterocycles. The standard InChI is InChI=1S/C17H25NO7/c1-17(2,3)25-16(19)8-9-22-10-11-23-12-13-24-15-6-4-14(5-7-15)18(20)21/h4-7H,8-13H2,1-3H3. The van der Waals surface area contributed by atoms with Crippen LogP contribution in [0.1, 0.15) is 27.2 Å². The third kappa shape index (κ3) is 10.3. The molecule has 0 saturated carbocycles. The van der Waals surface area contributed by atoms with Crippen molar-refractivity contribution in [3.05, 3.63) is 34.4 Å². The summed E-state index contributed by atoms with van der Waals surface area (Å²) >= 11 is 0. The number of nitro groups is 1. The third-order valence-electron chi connectivity index (χ3n) is 2.79. The lowest BCUT2D eigenvalue weighted by molar-refractivity contribution is -0.384. The maximum absolute atomic E-state index is 11.4. The average molecular weight is 355 g/mol. The van der Waals surface area contributed by atoms with Gasteiger partial charge in [-0.3, -0.25) is 14.9 Å². The van der Waals surface area contributed by atoms with Crippen molar-refractivity contribution >= 4 is 11.7 Å². The summed E-state index contributed by atoms with van der Waals surface area (Å²) in [7, 11) is 0. The van der Waals surface area contributed by atoms with E-state index < -0.39 is 10.5 Å². The van der Waals surface area contributed by atoms with Crippen LogP contribution in [-0.4, -0.2) is 49.5 Å². The van der Waals surface area contributed by atoms with Crippen LogP contribution in [0, 0.1) is 10.1 Å². The van der Waals surface area contributed by atoms with Gasteiger partial charge in [-0.1, -0.05) is 0 Å². The molecule has 0 spiro atoms. The van der Waals surface area contributed by atoms with Crippen molar-refractivity contribution in [3.63, 3.8) is 0 Å². The summed E-state index contributed by atoms with van der Waals surface area (Å²) < 4.78 is 21.2. The molecule has 8 nitrogen and oxygen atoms in total. The molecule has 1 aromatic carbocycles. The van der Waals surface area contributed by atoms with E-state index in [1.54, 1.807) is 0 Å². The van der Waals surface area contributed by atoms with Crippen LogP contribution in [0.2, 0.25) is 0 Å². The summed E-state index contributed by atoms with van der Waals surface area (Å²) in [6, 6.07) is 5.85. The number of nitrogens with zero attached hydrogens (tertiary/aromatic N) is 1. The van der Waals surface area contributed by atoms with E-state index in [4.69, 9.17) is 18.9 Å². The molecule has 0 unspecified atom stereocenters. The first-order chi connectivity index (χ1) is 11.8. The molecule has 0 N–H and O–H groups in total. The first-order valence-corrected chi connectivity index (χ1v) is 8.02. The zero-order valence-electron chi connectivity index (χ0n) is 14.9. The molecule has 0 fully saturated rings. The highest BCUT2D eigenvalue weighted by molar-refractivity contribution is 5.69. The van der Waals surface area contributed by atoms with Gasteiger partial charge in [0.05, 0.1) is 37.8 Å². The number of esters is 1. The normalized spacial score (nSPS) is 11.2. The van der Waals surface area contributed by atoms with Gasteiger partial charge in [0.1, 0.15) is 18.0 Å². The van der Waals surface area contributed by atoms with E-state index in [-0.39, 0.29) is 24.7 Å². The molecule has 8 heteroatoms. The number of hydrogen-bond donors (Lipinski definition) is 0. The second-order valence-corrected chi connectivity index (χ2v) is 6.16. The maximum atomic E-state index is 11.4. The van der Waals surface area contributed by atoms with Crippen molar-refractivity contribution in [1.29, 1.82) is 0 Å². The Hall–Kier alpha value is -2.19. The van der Waals surface area contributed by atoms with Crippen LogP contribution < -0.4 is 4.74 Å². The van der Waals surface area contributed by atoms with Crippen molar-refractivity contribution in [2.45, 2.75) is 32.8 Å². The van der Waals surface area contributed by atoms with E-state index in [2.05, 4.69) is 0 Å². The lowest BCUT2D eigenvalue weighted by Gasteiger charge is -2.19. The molecule has 0 bridgehead atoms. The lowest BCUT2D eigenvalue weighted by Crippen LogP contribution is -2.24. The number of benzene rings is 1. The largest absolute Gasteiger partial charge is 0.491 e. The average Bonchev–Trinajstić information content (AvgIpc) is 2.52. The first kappa shape index (κ1) is 20.9. The molecule has 1 rings (SSSR count). The molecule has 0 heterocycles. The van der Waals surface area contributed by atoms with Gasteiger partial charge < -0.3 is 18.9 Å². The van der Waals surface area contributed by atoms with Crippen LogP contribution >= 0.6 is 0 Å². The summed E-state index contributed by atoms with van der Waals surface area (Å²) in [6.07, 6.45) is 0.209. The summed E-state index contributed by atoms with van der Waals surface area (Å²) in [5, 5.41) is 10.5. The van der Waals surface area contributed by atoms with Crippen molar-refractivity contribution in [3.8, 4) is 5.75 Å². The Morgan fingerprint density at radius 3 is 2.12 bits per heavy atom. The molecule has 140 valence electrons. The number of carbonyl (C=O) groups is 1. The molecule has 1 aromatic rings. The van der Waals surface area contributed by atoms with Crippen LogP contribution in [0.25, 0.3) is 0 Å². The van der Waals surface area contributed by atoms with Gasteiger partial charge in [0.2, 0.25) is 0 Å².